The second kappa shape index (κ2) is 10.4. The number of halogens is 2. The Morgan fingerprint density at radius 1 is 1.15 bits per heavy atom. The van der Waals surface area contributed by atoms with Gasteiger partial charge in [-0.2, -0.15) is 0 Å². The molecular weight excluding hydrogens is 357 g/mol. The summed E-state index contributed by atoms with van der Waals surface area (Å²) >= 11 is 0. The standard InChI is InChI=1S/C20H24FNO3.ClH/c1-23-19-10-4-7-15(12-22-13-17-8-5-11-24-17)20(19)25-14-16-6-2-3-9-18(16)21;/h2-4,6-7,9-10,17,22H,5,8,11-14H2,1H3;1H. The lowest BCUT2D eigenvalue weighted by molar-refractivity contribution is 0.110. The first kappa shape index (κ1) is 20.5. The maximum absolute atomic E-state index is 13.8. The Bertz CT molecular complexity index is 693. The second-order valence-electron chi connectivity index (χ2n) is 6.09. The Hall–Kier alpha value is -1.82. The van der Waals surface area contributed by atoms with Crippen LogP contribution in [0.3, 0.4) is 0 Å². The van der Waals surface area contributed by atoms with Gasteiger partial charge in [0.05, 0.1) is 13.2 Å². The fourth-order valence-electron chi connectivity index (χ4n) is 2.96. The summed E-state index contributed by atoms with van der Waals surface area (Å²) in [4.78, 5) is 0. The van der Waals surface area contributed by atoms with Crippen molar-refractivity contribution in [2.45, 2.75) is 32.1 Å². The van der Waals surface area contributed by atoms with E-state index in [2.05, 4.69) is 5.32 Å². The first-order chi connectivity index (χ1) is 12.3. The molecule has 0 aliphatic carbocycles. The number of ether oxygens (including phenoxy) is 3. The van der Waals surface area contributed by atoms with Gasteiger partial charge in [0.15, 0.2) is 11.5 Å². The van der Waals surface area contributed by atoms with Crippen molar-refractivity contribution in [3.8, 4) is 11.5 Å². The van der Waals surface area contributed by atoms with Crippen LogP contribution in [0.25, 0.3) is 0 Å². The van der Waals surface area contributed by atoms with Gasteiger partial charge in [0.2, 0.25) is 0 Å². The number of hydrogen-bond acceptors (Lipinski definition) is 4. The van der Waals surface area contributed by atoms with Crippen molar-refractivity contribution >= 4 is 12.4 Å². The zero-order valence-electron chi connectivity index (χ0n) is 14.9. The highest BCUT2D eigenvalue weighted by atomic mass is 35.5. The van der Waals surface area contributed by atoms with E-state index in [9.17, 15) is 4.39 Å². The van der Waals surface area contributed by atoms with Crippen LogP contribution in [0, 0.1) is 5.82 Å². The van der Waals surface area contributed by atoms with Crippen molar-refractivity contribution in [2.24, 2.45) is 0 Å². The predicted octanol–water partition coefficient (Wildman–Crippen LogP) is 4.10. The van der Waals surface area contributed by atoms with E-state index in [1.165, 1.54) is 6.07 Å². The largest absolute Gasteiger partial charge is 0.493 e. The van der Waals surface area contributed by atoms with Crippen molar-refractivity contribution in [2.75, 3.05) is 20.3 Å². The third kappa shape index (κ3) is 5.34. The molecule has 4 nitrogen and oxygen atoms in total. The van der Waals surface area contributed by atoms with Crippen molar-refractivity contribution < 1.29 is 18.6 Å². The fraction of sp³-hybridized carbons (Fsp3) is 0.400. The minimum Gasteiger partial charge on any atom is -0.493 e. The summed E-state index contributed by atoms with van der Waals surface area (Å²) in [7, 11) is 1.61. The van der Waals surface area contributed by atoms with Crippen molar-refractivity contribution in [1.82, 2.24) is 5.32 Å². The Morgan fingerprint density at radius 3 is 2.69 bits per heavy atom. The Morgan fingerprint density at radius 2 is 1.96 bits per heavy atom. The van der Waals surface area contributed by atoms with Crippen LogP contribution in [0.15, 0.2) is 42.5 Å². The van der Waals surface area contributed by atoms with Crippen LogP contribution >= 0.6 is 12.4 Å². The summed E-state index contributed by atoms with van der Waals surface area (Å²) in [6.45, 7) is 2.46. The molecule has 0 bridgehead atoms. The van der Waals surface area contributed by atoms with Gasteiger partial charge in [-0.15, -0.1) is 12.4 Å². The van der Waals surface area contributed by atoms with Gasteiger partial charge in [-0.1, -0.05) is 30.3 Å². The van der Waals surface area contributed by atoms with Crippen LogP contribution in [0.4, 0.5) is 4.39 Å². The summed E-state index contributed by atoms with van der Waals surface area (Å²) in [5, 5.41) is 3.41. The monoisotopic (exact) mass is 381 g/mol. The molecule has 1 unspecified atom stereocenters. The third-order valence-corrected chi connectivity index (χ3v) is 4.32. The highest BCUT2D eigenvalue weighted by Crippen LogP contribution is 2.32. The van der Waals surface area contributed by atoms with E-state index in [0.717, 1.165) is 31.6 Å². The normalized spacial score (nSPS) is 16.2. The lowest BCUT2D eigenvalue weighted by Crippen LogP contribution is -2.26. The first-order valence-corrected chi connectivity index (χ1v) is 8.62. The van der Waals surface area contributed by atoms with E-state index in [4.69, 9.17) is 14.2 Å². The first-order valence-electron chi connectivity index (χ1n) is 8.62. The number of para-hydroxylation sites is 1. The van der Waals surface area contributed by atoms with Gasteiger partial charge in [0.25, 0.3) is 0 Å². The number of methoxy groups -OCH3 is 1. The van der Waals surface area contributed by atoms with Gasteiger partial charge in [0.1, 0.15) is 12.4 Å². The molecule has 2 aromatic carbocycles. The quantitative estimate of drug-likeness (QED) is 0.747. The smallest absolute Gasteiger partial charge is 0.166 e. The van der Waals surface area contributed by atoms with Gasteiger partial charge in [0, 0.05) is 30.8 Å². The number of hydrogen-bond donors (Lipinski definition) is 1. The van der Waals surface area contributed by atoms with Crippen LogP contribution in [0.5, 0.6) is 11.5 Å². The average Bonchev–Trinajstić information content (AvgIpc) is 3.15. The number of nitrogens with one attached hydrogen (secondary N) is 1. The van der Waals surface area contributed by atoms with Crippen molar-refractivity contribution in [3.63, 3.8) is 0 Å². The molecule has 2 aromatic rings. The van der Waals surface area contributed by atoms with Gasteiger partial charge < -0.3 is 19.5 Å². The minimum atomic E-state index is -0.268. The zero-order chi connectivity index (χ0) is 17.5. The van der Waals surface area contributed by atoms with Gasteiger partial charge in [-0.25, -0.2) is 4.39 Å². The van der Waals surface area contributed by atoms with Gasteiger partial charge >= 0.3 is 0 Å². The molecule has 1 heterocycles. The molecule has 1 aliphatic heterocycles. The van der Waals surface area contributed by atoms with Crippen molar-refractivity contribution in [1.29, 1.82) is 0 Å². The molecule has 1 N–H and O–H groups in total. The van der Waals surface area contributed by atoms with Crippen LogP contribution in [-0.2, 0) is 17.9 Å². The molecule has 3 rings (SSSR count). The van der Waals surface area contributed by atoms with E-state index in [1.807, 2.05) is 18.2 Å². The van der Waals surface area contributed by atoms with Crippen LogP contribution in [0.2, 0.25) is 0 Å². The molecule has 1 aliphatic rings. The highest BCUT2D eigenvalue weighted by Gasteiger charge is 2.16. The van der Waals surface area contributed by atoms with E-state index >= 15 is 0 Å². The molecule has 1 atom stereocenters. The topological polar surface area (TPSA) is 39.7 Å². The summed E-state index contributed by atoms with van der Waals surface area (Å²) < 4.78 is 30.8. The van der Waals surface area contributed by atoms with Crippen LogP contribution < -0.4 is 14.8 Å². The number of benzene rings is 2. The Labute approximate surface area is 160 Å². The second-order valence-corrected chi connectivity index (χ2v) is 6.09. The molecule has 0 radical (unpaired) electrons. The molecule has 0 saturated carbocycles. The summed E-state index contributed by atoms with van der Waals surface area (Å²) in [5.74, 6) is 1.02. The fourth-order valence-corrected chi connectivity index (χ4v) is 2.96. The molecule has 142 valence electrons. The van der Waals surface area contributed by atoms with E-state index in [-0.39, 0.29) is 30.9 Å². The van der Waals surface area contributed by atoms with E-state index in [0.29, 0.717) is 23.6 Å². The lowest BCUT2D eigenvalue weighted by Gasteiger charge is -2.17. The summed E-state index contributed by atoms with van der Waals surface area (Å²) in [6.07, 6.45) is 2.51. The molecular formula is C20H25ClFNO3. The molecule has 1 saturated heterocycles. The molecule has 1 fully saturated rings. The maximum Gasteiger partial charge on any atom is 0.166 e. The molecule has 26 heavy (non-hydrogen) atoms. The van der Waals surface area contributed by atoms with Gasteiger partial charge in [-0.05, 0) is 25.0 Å². The Kier molecular flexibility index (Phi) is 8.16. The summed E-state index contributed by atoms with van der Waals surface area (Å²) in [5.41, 5.74) is 1.50. The molecule has 6 heteroatoms. The number of rotatable bonds is 8. The molecule has 0 spiro atoms. The molecule has 0 aromatic heterocycles. The zero-order valence-corrected chi connectivity index (χ0v) is 15.7. The van der Waals surface area contributed by atoms with E-state index < -0.39 is 0 Å². The van der Waals surface area contributed by atoms with Gasteiger partial charge in [-0.3, -0.25) is 0 Å². The summed E-state index contributed by atoms with van der Waals surface area (Å²) in [6, 6.07) is 12.4. The van der Waals surface area contributed by atoms with Crippen LogP contribution in [0.1, 0.15) is 24.0 Å². The SMILES string of the molecule is COc1cccc(CNCC2CCCO2)c1OCc1ccccc1F.Cl. The van der Waals surface area contributed by atoms with E-state index in [1.54, 1.807) is 25.3 Å². The van der Waals surface area contributed by atoms with Crippen molar-refractivity contribution in [3.05, 3.63) is 59.4 Å². The predicted molar refractivity (Wildman–Crippen MR) is 102 cm³/mol. The lowest BCUT2D eigenvalue weighted by atomic mass is 10.1. The molecule has 0 amide bonds. The highest BCUT2D eigenvalue weighted by molar-refractivity contribution is 5.85. The average molecular weight is 382 g/mol. The van der Waals surface area contributed by atoms with Crippen LogP contribution in [-0.4, -0.2) is 26.4 Å². The Balaban J connectivity index is 0.00000243. The minimum absolute atomic E-state index is 0. The maximum atomic E-state index is 13.8. The third-order valence-electron chi connectivity index (χ3n) is 4.32.